The number of anilines is 1. The number of rotatable bonds is 4. The summed E-state index contributed by atoms with van der Waals surface area (Å²) in [6, 6.07) is 10.2. The van der Waals surface area contributed by atoms with E-state index in [0.717, 1.165) is 0 Å². The van der Waals surface area contributed by atoms with Crippen molar-refractivity contribution in [2.45, 2.75) is 6.92 Å². The Bertz CT molecular complexity index is 697. The summed E-state index contributed by atoms with van der Waals surface area (Å²) in [5, 5.41) is 13.7. The molecule has 0 atom stereocenters. The van der Waals surface area contributed by atoms with Crippen LogP contribution in [0.2, 0.25) is 0 Å². The number of nitrogens with two attached hydrogens (primary N) is 1. The second-order valence-corrected chi connectivity index (χ2v) is 4.41. The van der Waals surface area contributed by atoms with Gasteiger partial charge >= 0.3 is 0 Å². The highest BCUT2D eigenvalue weighted by Gasteiger charge is 2.09. The Hall–Kier alpha value is -2.89. The number of benzene rings is 2. The molecule has 2 aromatic carbocycles. The molecule has 0 heterocycles. The standard InChI is InChI=1S/C15H14FN3O2/c1-9(18-19-12-5-3-11(16)4-6-12)10-2-7-14(20)13(8-10)15(17)21/h2-8,19-20H,1H3,(H2,17,21). The molecule has 2 rings (SSSR count). The van der Waals surface area contributed by atoms with Crippen molar-refractivity contribution in [1.29, 1.82) is 0 Å². The molecule has 108 valence electrons. The molecule has 0 aromatic heterocycles. The van der Waals surface area contributed by atoms with Crippen molar-refractivity contribution < 1.29 is 14.3 Å². The van der Waals surface area contributed by atoms with Crippen molar-refractivity contribution in [3.63, 3.8) is 0 Å². The molecule has 0 radical (unpaired) electrons. The highest BCUT2D eigenvalue weighted by atomic mass is 19.1. The quantitative estimate of drug-likeness (QED) is 0.596. The molecule has 0 aliphatic carbocycles. The lowest BCUT2D eigenvalue weighted by molar-refractivity contribution is 0.0997. The summed E-state index contributed by atoms with van der Waals surface area (Å²) in [5.74, 6) is -1.22. The van der Waals surface area contributed by atoms with E-state index in [9.17, 15) is 14.3 Å². The fourth-order valence-corrected chi connectivity index (χ4v) is 1.70. The van der Waals surface area contributed by atoms with Gasteiger partial charge in [0, 0.05) is 0 Å². The van der Waals surface area contributed by atoms with Gasteiger partial charge in [-0.15, -0.1) is 0 Å². The van der Waals surface area contributed by atoms with E-state index in [1.165, 1.54) is 24.3 Å². The van der Waals surface area contributed by atoms with Crippen molar-refractivity contribution in [1.82, 2.24) is 0 Å². The monoisotopic (exact) mass is 287 g/mol. The zero-order valence-corrected chi connectivity index (χ0v) is 11.3. The van der Waals surface area contributed by atoms with E-state index >= 15 is 0 Å². The van der Waals surface area contributed by atoms with Crippen LogP contribution in [-0.2, 0) is 0 Å². The lowest BCUT2D eigenvalue weighted by Crippen LogP contribution is -2.12. The maximum atomic E-state index is 12.8. The van der Waals surface area contributed by atoms with Crippen molar-refractivity contribution >= 4 is 17.3 Å². The van der Waals surface area contributed by atoms with E-state index in [1.54, 1.807) is 25.1 Å². The van der Waals surface area contributed by atoms with E-state index in [0.29, 0.717) is 17.0 Å². The fourth-order valence-electron chi connectivity index (χ4n) is 1.70. The predicted molar refractivity (Wildman–Crippen MR) is 78.9 cm³/mol. The van der Waals surface area contributed by atoms with Gasteiger partial charge in [0.25, 0.3) is 5.91 Å². The minimum absolute atomic E-state index is 0.0313. The first-order valence-corrected chi connectivity index (χ1v) is 6.16. The van der Waals surface area contributed by atoms with Crippen molar-refractivity contribution in [2.24, 2.45) is 10.8 Å². The van der Waals surface area contributed by atoms with Crippen LogP contribution in [0.5, 0.6) is 5.75 Å². The number of nitrogens with zero attached hydrogens (tertiary/aromatic N) is 1. The SMILES string of the molecule is CC(=NNc1ccc(F)cc1)c1ccc(O)c(C(N)=O)c1. The van der Waals surface area contributed by atoms with Crippen LogP contribution in [0.3, 0.4) is 0 Å². The number of hydrogen-bond acceptors (Lipinski definition) is 4. The molecule has 0 aliphatic rings. The topological polar surface area (TPSA) is 87.7 Å². The predicted octanol–water partition coefficient (Wildman–Crippen LogP) is 2.47. The van der Waals surface area contributed by atoms with Gasteiger partial charge < -0.3 is 10.8 Å². The maximum absolute atomic E-state index is 12.8. The molecular formula is C15H14FN3O2. The highest BCUT2D eigenvalue weighted by Crippen LogP contribution is 2.18. The van der Waals surface area contributed by atoms with E-state index in [1.807, 2.05) is 0 Å². The Morgan fingerprint density at radius 2 is 1.90 bits per heavy atom. The normalized spacial score (nSPS) is 11.2. The van der Waals surface area contributed by atoms with Crippen LogP contribution < -0.4 is 11.2 Å². The van der Waals surface area contributed by atoms with E-state index < -0.39 is 5.91 Å². The third kappa shape index (κ3) is 3.56. The molecule has 2 aromatic rings. The molecule has 0 saturated carbocycles. The highest BCUT2D eigenvalue weighted by molar-refractivity contribution is 6.03. The number of primary amides is 1. The van der Waals surface area contributed by atoms with Crippen LogP contribution in [0.1, 0.15) is 22.8 Å². The number of halogens is 1. The number of carbonyl (C=O) groups is 1. The molecule has 0 unspecified atom stereocenters. The molecule has 4 N–H and O–H groups in total. The summed E-state index contributed by atoms with van der Waals surface area (Å²) >= 11 is 0. The molecule has 0 aliphatic heterocycles. The van der Waals surface area contributed by atoms with Gasteiger partial charge in [0.05, 0.1) is 17.0 Å². The lowest BCUT2D eigenvalue weighted by atomic mass is 10.1. The number of nitrogens with one attached hydrogen (secondary N) is 1. The van der Waals surface area contributed by atoms with Crippen molar-refractivity contribution in [3.8, 4) is 5.75 Å². The second kappa shape index (κ2) is 6.04. The fraction of sp³-hybridized carbons (Fsp3) is 0.0667. The molecular weight excluding hydrogens is 273 g/mol. The molecule has 6 heteroatoms. The Labute approximate surface area is 120 Å². The number of phenols is 1. The molecule has 21 heavy (non-hydrogen) atoms. The van der Waals surface area contributed by atoms with Gasteiger partial charge in [0.15, 0.2) is 0 Å². The van der Waals surface area contributed by atoms with Crippen molar-refractivity contribution in [3.05, 3.63) is 59.4 Å². The third-order valence-electron chi connectivity index (χ3n) is 2.88. The first-order chi connectivity index (χ1) is 9.97. The van der Waals surface area contributed by atoms with Crippen molar-refractivity contribution in [2.75, 3.05) is 5.43 Å². The maximum Gasteiger partial charge on any atom is 0.252 e. The largest absolute Gasteiger partial charge is 0.507 e. The molecule has 0 bridgehead atoms. The van der Waals surface area contributed by atoms with Gasteiger partial charge in [-0.2, -0.15) is 5.10 Å². The van der Waals surface area contributed by atoms with Gasteiger partial charge in [-0.3, -0.25) is 10.2 Å². The van der Waals surface area contributed by atoms with Gasteiger partial charge in [-0.25, -0.2) is 4.39 Å². The smallest absolute Gasteiger partial charge is 0.252 e. The number of carbonyl (C=O) groups excluding carboxylic acids is 1. The zero-order chi connectivity index (χ0) is 15.4. The number of aromatic hydroxyl groups is 1. The van der Waals surface area contributed by atoms with Gasteiger partial charge in [0.2, 0.25) is 0 Å². The molecule has 1 amide bonds. The Balaban J connectivity index is 2.21. The van der Waals surface area contributed by atoms with Gasteiger partial charge in [-0.05, 0) is 55.0 Å². The second-order valence-electron chi connectivity index (χ2n) is 4.41. The Kier molecular flexibility index (Phi) is 4.18. The summed E-state index contributed by atoms with van der Waals surface area (Å²) in [6.45, 7) is 1.73. The Morgan fingerprint density at radius 3 is 2.52 bits per heavy atom. The summed E-state index contributed by atoms with van der Waals surface area (Å²) < 4.78 is 12.8. The Morgan fingerprint density at radius 1 is 1.24 bits per heavy atom. The van der Waals surface area contributed by atoms with Crippen LogP contribution in [0.15, 0.2) is 47.6 Å². The molecule has 0 saturated heterocycles. The zero-order valence-electron chi connectivity index (χ0n) is 11.3. The summed E-state index contributed by atoms with van der Waals surface area (Å²) in [6.07, 6.45) is 0. The number of hydrogen-bond donors (Lipinski definition) is 3. The summed E-state index contributed by atoms with van der Waals surface area (Å²) in [7, 11) is 0. The minimum Gasteiger partial charge on any atom is -0.507 e. The minimum atomic E-state index is -0.714. The van der Waals surface area contributed by atoms with Crippen LogP contribution >= 0.6 is 0 Å². The molecule has 0 fully saturated rings. The average molecular weight is 287 g/mol. The van der Waals surface area contributed by atoms with Crippen LogP contribution in [0, 0.1) is 5.82 Å². The molecule has 5 nitrogen and oxygen atoms in total. The number of hydrazone groups is 1. The summed E-state index contributed by atoms with van der Waals surface area (Å²) in [5.41, 5.74) is 9.83. The first-order valence-electron chi connectivity index (χ1n) is 6.16. The van der Waals surface area contributed by atoms with Crippen LogP contribution in [0.4, 0.5) is 10.1 Å². The van der Waals surface area contributed by atoms with Gasteiger partial charge in [-0.1, -0.05) is 0 Å². The van der Waals surface area contributed by atoms with Crippen LogP contribution in [0.25, 0.3) is 0 Å². The van der Waals surface area contributed by atoms with E-state index in [2.05, 4.69) is 10.5 Å². The summed E-state index contributed by atoms with van der Waals surface area (Å²) in [4.78, 5) is 11.2. The third-order valence-corrected chi connectivity index (χ3v) is 2.88. The lowest BCUT2D eigenvalue weighted by Gasteiger charge is -2.06. The van der Waals surface area contributed by atoms with Gasteiger partial charge in [0.1, 0.15) is 11.6 Å². The van der Waals surface area contributed by atoms with Crippen LogP contribution in [-0.4, -0.2) is 16.7 Å². The van der Waals surface area contributed by atoms with E-state index in [-0.39, 0.29) is 17.1 Å². The number of amides is 1. The average Bonchev–Trinajstić information content (AvgIpc) is 2.46. The van der Waals surface area contributed by atoms with E-state index in [4.69, 9.17) is 5.73 Å². The first kappa shape index (κ1) is 14.5. The molecule has 0 spiro atoms.